The number of benzene rings is 1. The van der Waals surface area contributed by atoms with E-state index in [0.717, 1.165) is 25.0 Å². The summed E-state index contributed by atoms with van der Waals surface area (Å²) >= 11 is 0. The molecule has 16 heavy (non-hydrogen) atoms. The van der Waals surface area contributed by atoms with Gasteiger partial charge in [0.05, 0.1) is 0 Å². The summed E-state index contributed by atoms with van der Waals surface area (Å²) in [5, 5.41) is 0. The largest absolute Gasteiger partial charge is 0.245 e. The molecule has 0 bridgehead atoms. The molecular formula is C10H11F2NO2S. The lowest BCUT2D eigenvalue weighted by molar-refractivity contribution is 0.468. The average molecular weight is 247 g/mol. The van der Waals surface area contributed by atoms with Crippen molar-refractivity contribution in [2.24, 2.45) is 0 Å². The molecule has 0 amide bonds. The predicted molar refractivity (Wildman–Crippen MR) is 54.4 cm³/mol. The Balaban J connectivity index is 2.42. The molecule has 0 radical (unpaired) electrons. The van der Waals surface area contributed by atoms with Crippen LogP contribution in [-0.4, -0.2) is 25.8 Å². The maximum absolute atomic E-state index is 13.4. The number of nitrogens with zero attached hydrogens (tertiary/aromatic N) is 1. The molecule has 0 atom stereocenters. The molecule has 2 rings (SSSR count). The highest BCUT2D eigenvalue weighted by atomic mass is 32.2. The minimum absolute atomic E-state index is 0.402. The summed E-state index contributed by atoms with van der Waals surface area (Å²) in [7, 11) is -3.79. The van der Waals surface area contributed by atoms with Crippen LogP contribution in [0.3, 0.4) is 0 Å². The summed E-state index contributed by atoms with van der Waals surface area (Å²) in [5.74, 6) is -1.82. The van der Waals surface area contributed by atoms with Crippen molar-refractivity contribution in [3.05, 3.63) is 29.8 Å². The molecule has 0 saturated carbocycles. The third-order valence-electron chi connectivity index (χ3n) is 2.58. The van der Waals surface area contributed by atoms with Gasteiger partial charge in [-0.2, -0.15) is 4.31 Å². The molecular weight excluding hydrogens is 236 g/mol. The van der Waals surface area contributed by atoms with E-state index >= 15 is 0 Å². The van der Waals surface area contributed by atoms with E-state index in [1.165, 1.54) is 4.31 Å². The van der Waals surface area contributed by atoms with Gasteiger partial charge in [-0.25, -0.2) is 17.2 Å². The highest BCUT2D eigenvalue weighted by Crippen LogP contribution is 2.23. The molecule has 1 aromatic carbocycles. The molecule has 1 aliphatic rings. The Bertz CT molecular complexity index is 496. The smallest absolute Gasteiger partial charge is 0.207 e. The van der Waals surface area contributed by atoms with Gasteiger partial charge in [0.2, 0.25) is 10.0 Å². The quantitative estimate of drug-likeness (QED) is 0.798. The SMILES string of the molecule is O=S(=O)(c1ccc(F)cc1F)N1CCCC1. The van der Waals surface area contributed by atoms with Gasteiger partial charge in [0.1, 0.15) is 16.5 Å². The monoisotopic (exact) mass is 247 g/mol. The minimum Gasteiger partial charge on any atom is -0.207 e. The summed E-state index contributed by atoms with van der Waals surface area (Å²) in [6.07, 6.45) is 1.56. The zero-order chi connectivity index (χ0) is 11.8. The van der Waals surface area contributed by atoms with Crippen LogP contribution >= 0.6 is 0 Å². The lowest BCUT2D eigenvalue weighted by Crippen LogP contribution is -2.28. The topological polar surface area (TPSA) is 37.4 Å². The fraction of sp³-hybridized carbons (Fsp3) is 0.400. The molecule has 3 nitrogen and oxygen atoms in total. The summed E-state index contributed by atoms with van der Waals surface area (Å²) in [6.45, 7) is 0.804. The van der Waals surface area contributed by atoms with Crippen molar-refractivity contribution in [3.8, 4) is 0 Å². The number of rotatable bonds is 2. The summed E-state index contributed by atoms with van der Waals surface area (Å²) in [5.41, 5.74) is 0. The van der Waals surface area contributed by atoms with Crippen LogP contribution < -0.4 is 0 Å². The van der Waals surface area contributed by atoms with Crippen LogP contribution in [0, 0.1) is 11.6 Å². The third kappa shape index (κ3) is 1.94. The average Bonchev–Trinajstić information content (AvgIpc) is 2.69. The first kappa shape index (κ1) is 11.5. The molecule has 1 aromatic rings. The fourth-order valence-corrected chi connectivity index (χ4v) is 3.31. The molecule has 0 unspecified atom stereocenters. The molecule has 0 aromatic heterocycles. The van der Waals surface area contributed by atoms with E-state index in [1.54, 1.807) is 0 Å². The normalized spacial score (nSPS) is 17.9. The Morgan fingerprint density at radius 2 is 1.75 bits per heavy atom. The Kier molecular flexibility index (Phi) is 2.94. The zero-order valence-corrected chi connectivity index (χ0v) is 9.30. The molecule has 1 aliphatic heterocycles. The molecule has 6 heteroatoms. The van der Waals surface area contributed by atoms with Gasteiger partial charge in [0.15, 0.2) is 0 Å². The van der Waals surface area contributed by atoms with Crippen molar-refractivity contribution in [2.75, 3.05) is 13.1 Å². The molecule has 1 saturated heterocycles. The van der Waals surface area contributed by atoms with E-state index in [2.05, 4.69) is 0 Å². The van der Waals surface area contributed by atoms with Crippen LogP contribution in [-0.2, 0) is 10.0 Å². The van der Waals surface area contributed by atoms with E-state index in [-0.39, 0.29) is 0 Å². The van der Waals surface area contributed by atoms with E-state index in [4.69, 9.17) is 0 Å². The second kappa shape index (κ2) is 4.10. The first-order chi connectivity index (χ1) is 7.51. The molecule has 88 valence electrons. The van der Waals surface area contributed by atoms with Crippen LogP contribution in [0.25, 0.3) is 0 Å². The van der Waals surface area contributed by atoms with Crippen LogP contribution in [0.15, 0.2) is 23.1 Å². The van der Waals surface area contributed by atoms with Gasteiger partial charge in [-0.3, -0.25) is 0 Å². The standard InChI is InChI=1S/C10H11F2NO2S/c11-8-3-4-10(9(12)7-8)16(14,15)13-5-1-2-6-13/h3-4,7H,1-2,5-6H2. The van der Waals surface area contributed by atoms with Crippen molar-refractivity contribution in [1.82, 2.24) is 4.31 Å². The van der Waals surface area contributed by atoms with Crippen LogP contribution in [0.5, 0.6) is 0 Å². The predicted octanol–water partition coefficient (Wildman–Crippen LogP) is 1.75. The first-order valence-electron chi connectivity index (χ1n) is 4.97. The number of hydrogen-bond acceptors (Lipinski definition) is 2. The molecule has 1 heterocycles. The maximum atomic E-state index is 13.4. The van der Waals surface area contributed by atoms with Gasteiger partial charge in [-0.1, -0.05) is 0 Å². The van der Waals surface area contributed by atoms with Gasteiger partial charge in [-0.05, 0) is 25.0 Å². The van der Waals surface area contributed by atoms with Crippen molar-refractivity contribution in [3.63, 3.8) is 0 Å². The fourth-order valence-electron chi connectivity index (χ4n) is 1.75. The van der Waals surface area contributed by atoms with Gasteiger partial charge in [0.25, 0.3) is 0 Å². The first-order valence-corrected chi connectivity index (χ1v) is 6.41. The molecule has 0 N–H and O–H groups in total. The number of halogens is 2. The lowest BCUT2D eigenvalue weighted by Gasteiger charge is -2.15. The Morgan fingerprint density at radius 1 is 1.12 bits per heavy atom. The third-order valence-corrected chi connectivity index (χ3v) is 4.51. The summed E-state index contributed by atoms with van der Waals surface area (Å²) < 4.78 is 51.1. The number of hydrogen-bond donors (Lipinski definition) is 0. The Labute approximate surface area is 92.7 Å². The molecule has 0 spiro atoms. The van der Waals surface area contributed by atoms with Gasteiger partial charge < -0.3 is 0 Å². The number of sulfonamides is 1. The van der Waals surface area contributed by atoms with Crippen LogP contribution in [0.2, 0.25) is 0 Å². The zero-order valence-electron chi connectivity index (χ0n) is 8.49. The van der Waals surface area contributed by atoms with Crippen molar-refractivity contribution in [1.29, 1.82) is 0 Å². The molecule has 0 aliphatic carbocycles. The van der Waals surface area contributed by atoms with Gasteiger partial charge in [-0.15, -0.1) is 0 Å². The van der Waals surface area contributed by atoms with Crippen molar-refractivity contribution < 1.29 is 17.2 Å². The van der Waals surface area contributed by atoms with Crippen LogP contribution in [0.1, 0.15) is 12.8 Å². The van der Waals surface area contributed by atoms with E-state index in [9.17, 15) is 17.2 Å². The van der Waals surface area contributed by atoms with Crippen molar-refractivity contribution in [2.45, 2.75) is 17.7 Å². The minimum atomic E-state index is -3.79. The molecule has 1 fully saturated rings. The Hall–Kier alpha value is -1.01. The summed E-state index contributed by atoms with van der Waals surface area (Å²) in [4.78, 5) is -0.448. The lowest BCUT2D eigenvalue weighted by atomic mass is 10.3. The van der Waals surface area contributed by atoms with E-state index < -0.39 is 26.6 Å². The maximum Gasteiger partial charge on any atom is 0.245 e. The van der Waals surface area contributed by atoms with Crippen LogP contribution in [0.4, 0.5) is 8.78 Å². The van der Waals surface area contributed by atoms with E-state index in [0.29, 0.717) is 19.2 Å². The highest BCUT2D eigenvalue weighted by Gasteiger charge is 2.29. The highest BCUT2D eigenvalue weighted by molar-refractivity contribution is 7.89. The second-order valence-corrected chi connectivity index (χ2v) is 5.59. The van der Waals surface area contributed by atoms with Gasteiger partial charge >= 0.3 is 0 Å². The van der Waals surface area contributed by atoms with Gasteiger partial charge in [0, 0.05) is 19.2 Å². The van der Waals surface area contributed by atoms with Crippen molar-refractivity contribution >= 4 is 10.0 Å². The second-order valence-electron chi connectivity index (χ2n) is 3.69. The Morgan fingerprint density at radius 3 is 2.31 bits per heavy atom. The summed E-state index contributed by atoms with van der Waals surface area (Å²) in [6, 6.07) is 2.51. The van der Waals surface area contributed by atoms with E-state index in [1.807, 2.05) is 0 Å².